The summed E-state index contributed by atoms with van der Waals surface area (Å²) in [6, 6.07) is 12.0. The van der Waals surface area contributed by atoms with Crippen molar-refractivity contribution in [2.45, 2.75) is 32.9 Å². The molecule has 0 saturated carbocycles. The van der Waals surface area contributed by atoms with Gasteiger partial charge in [-0.05, 0) is 45.0 Å². The largest absolute Gasteiger partial charge is 0.457 e. The van der Waals surface area contributed by atoms with Gasteiger partial charge >= 0.3 is 0 Å². The zero-order chi connectivity index (χ0) is 17.2. The third-order valence-electron chi connectivity index (χ3n) is 3.31. The number of hydrogen-bond acceptors (Lipinski definition) is 4. The molecule has 0 spiro atoms. The average Bonchev–Trinajstić information content (AvgIpc) is 3.16. The number of hydrogen-bond donors (Lipinski definition) is 2. The Morgan fingerprint density at radius 3 is 2.71 bits per heavy atom. The lowest BCUT2D eigenvalue weighted by atomic mass is 10.1. The first-order valence-electron chi connectivity index (χ1n) is 7.88. The fourth-order valence-corrected chi connectivity index (χ4v) is 3.20. The second-order valence-corrected chi connectivity index (χ2v) is 7.58. The number of aliphatic imine (C=N–C) groups is 1. The summed E-state index contributed by atoms with van der Waals surface area (Å²) in [5.74, 6) is 2.40. The third-order valence-corrected chi connectivity index (χ3v) is 4.36. The van der Waals surface area contributed by atoms with Crippen LogP contribution in [0, 0.1) is 0 Å². The highest BCUT2D eigenvalue weighted by Gasteiger charge is 2.13. The van der Waals surface area contributed by atoms with Crippen LogP contribution in [-0.4, -0.2) is 23.5 Å². The smallest absolute Gasteiger partial charge is 0.191 e. The van der Waals surface area contributed by atoms with E-state index < -0.39 is 0 Å². The van der Waals surface area contributed by atoms with Crippen LogP contribution in [0.5, 0.6) is 0 Å². The van der Waals surface area contributed by atoms with Crippen LogP contribution in [0.15, 0.2) is 45.8 Å². The van der Waals surface area contributed by atoms with Crippen LogP contribution in [0.1, 0.15) is 26.5 Å². The van der Waals surface area contributed by atoms with E-state index in [1.807, 2.05) is 30.3 Å². The number of para-hydroxylation sites is 1. The number of nitrogens with zero attached hydrogens (tertiary/aromatic N) is 2. The van der Waals surface area contributed by atoms with Crippen LogP contribution in [0.4, 0.5) is 0 Å². The van der Waals surface area contributed by atoms with Gasteiger partial charge < -0.3 is 15.1 Å². The Kier molecular flexibility index (Phi) is 4.57. The predicted molar refractivity (Wildman–Crippen MR) is 100 cm³/mol. The van der Waals surface area contributed by atoms with Crippen LogP contribution in [0.25, 0.3) is 21.0 Å². The Bertz CT molecular complexity index is 824. The quantitative estimate of drug-likeness (QED) is 0.557. The Morgan fingerprint density at radius 2 is 2.00 bits per heavy atom. The number of furan rings is 1. The lowest BCUT2D eigenvalue weighted by molar-refractivity contribution is 0.487. The normalized spacial score (nSPS) is 12.6. The monoisotopic (exact) mass is 342 g/mol. The molecule has 0 radical (unpaired) electrons. The maximum Gasteiger partial charge on any atom is 0.191 e. The standard InChI is InChI=1S/C18H22N4OS/c1-18(2,3)22-17(19-4)20-11-12-9-10-14(23-12)16-21-13-7-5-6-8-15(13)24-16/h5-10H,11H2,1-4H3,(H2,19,20,22). The minimum absolute atomic E-state index is 0.0445. The maximum absolute atomic E-state index is 5.93. The molecule has 2 N–H and O–H groups in total. The van der Waals surface area contributed by atoms with Gasteiger partial charge in [-0.1, -0.05) is 12.1 Å². The molecule has 0 aliphatic heterocycles. The maximum atomic E-state index is 5.93. The molecule has 0 unspecified atom stereocenters. The number of thiazole rings is 1. The van der Waals surface area contributed by atoms with E-state index in [-0.39, 0.29) is 5.54 Å². The van der Waals surface area contributed by atoms with Crippen molar-refractivity contribution < 1.29 is 4.42 Å². The highest BCUT2D eigenvalue weighted by atomic mass is 32.1. The molecule has 0 atom stereocenters. The number of guanidine groups is 1. The summed E-state index contributed by atoms with van der Waals surface area (Å²) in [7, 11) is 1.76. The van der Waals surface area contributed by atoms with Crippen molar-refractivity contribution in [3.05, 3.63) is 42.2 Å². The number of fused-ring (bicyclic) bond motifs is 1. The van der Waals surface area contributed by atoms with Crippen LogP contribution >= 0.6 is 11.3 Å². The van der Waals surface area contributed by atoms with Crippen molar-refractivity contribution >= 4 is 27.5 Å². The number of benzene rings is 1. The summed E-state index contributed by atoms with van der Waals surface area (Å²) in [5, 5.41) is 7.48. The van der Waals surface area contributed by atoms with Crippen LogP contribution in [0.2, 0.25) is 0 Å². The summed E-state index contributed by atoms with van der Waals surface area (Å²) < 4.78 is 7.09. The third kappa shape index (κ3) is 3.94. The molecule has 0 amide bonds. The van der Waals surface area contributed by atoms with Crippen molar-refractivity contribution in [1.29, 1.82) is 0 Å². The molecule has 0 aliphatic rings. The van der Waals surface area contributed by atoms with E-state index in [4.69, 9.17) is 4.42 Å². The first-order chi connectivity index (χ1) is 11.4. The highest BCUT2D eigenvalue weighted by molar-refractivity contribution is 7.21. The zero-order valence-corrected chi connectivity index (χ0v) is 15.2. The van der Waals surface area contributed by atoms with E-state index in [9.17, 15) is 0 Å². The van der Waals surface area contributed by atoms with Crippen molar-refractivity contribution in [2.75, 3.05) is 7.05 Å². The molecule has 126 valence electrons. The van der Waals surface area contributed by atoms with E-state index in [2.05, 4.69) is 47.4 Å². The van der Waals surface area contributed by atoms with E-state index in [1.54, 1.807) is 18.4 Å². The summed E-state index contributed by atoms with van der Waals surface area (Å²) in [4.78, 5) is 8.85. The number of rotatable bonds is 3. The van der Waals surface area contributed by atoms with Crippen molar-refractivity contribution in [3.8, 4) is 10.8 Å². The Morgan fingerprint density at radius 1 is 1.21 bits per heavy atom. The summed E-state index contributed by atoms with van der Waals surface area (Å²) >= 11 is 1.64. The fraction of sp³-hybridized carbons (Fsp3) is 0.333. The van der Waals surface area contributed by atoms with E-state index in [1.165, 1.54) is 4.70 Å². The molecule has 0 aliphatic carbocycles. The van der Waals surface area contributed by atoms with E-state index in [0.29, 0.717) is 6.54 Å². The average molecular weight is 342 g/mol. The van der Waals surface area contributed by atoms with Gasteiger partial charge in [0.2, 0.25) is 0 Å². The van der Waals surface area contributed by atoms with Gasteiger partial charge in [0, 0.05) is 12.6 Å². The van der Waals surface area contributed by atoms with Crippen molar-refractivity contribution in [2.24, 2.45) is 4.99 Å². The van der Waals surface area contributed by atoms with E-state index in [0.717, 1.165) is 28.0 Å². The van der Waals surface area contributed by atoms with Gasteiger partial charge in [0.05, 0.1) is 16.8 Å². The topological polar surface area (TPSA) is 62.5 Å². The lowest BCUT2D eigenvalue weighted by Crippen LogP contribution is -2.47. The molecule has 2 heterocycles. The first-order valence-corrected chi connectivity index (χ1v) is 8.70. The molecule has 0 saturated heterocycles. The molecule has 24 heavy (non-hydrogen) atoms. The molecule has 3 aromatic rings. The molecule has 3 rings (SSSR count). The van der Waals surface area contributed by atoms with Crippen molar-refractivity contribution in [3.63, 3.8) is 0 Å². The molecule has 2 aromatic heterocycles. The van der Waals surface area contributed by atoms with Gasteiger partial charge in [-0.3, -0.25) is 4.99 Å². The molecular weight excluding hydrogens is 320 g/mol. The highest BCUT2D eigenvalue weighted by Crippen LogP contribution is 2.31. The Hall–Kier alpha value is -2.34. The second-order valence-electron chi connectivity index (χ2n) is 6.55. The molecular formula is C18H22N4OS. The second kappa shape index (κ2) is 6.65. The van der Waals surface area contributed by atoms with Gasteiger partial charge in [-0.2, -0.15) is 0 Å². The molecule has 5 nitrogen and oxygen atoms in total. The SMILES string of the molecule is CN=C(NCc1ccc(-c2nc3ccccc3s2)o1)NC(C)(C)C. The summed E-state index contributed by atoms with van der Waals surface area (Å²) in [6.45, 7) is 6.86. The predicted octanol–water partition coefficient (Wildman–Crippen LogP) is 4.02. The summed E-state index contributed by atoms with van der Waals surface area (Å²) in [6.07, 6.45) is 0. The van der Waals surface area contributed by atoms with Gasteiger partial charge in [-0.15, -0.1) is 11.3 Å². The van der Waals surface area contributed by atoms with Crippen LogP contribution in [-0.2, 0) is 6.54 Å². The van der Waals surface area contributed by atoms with Crippen molar-refractivity contribution in [1.82, 2.24) is 15.6 Å². The minimum Gasteiger partial charge on any atom is -0.457 e. The lowest BCUT2D eigenvalue weighted by Gasteiger charge is -2.23. The van der Waals surface area contributed by atoms with Crippen LogP contribution < -0.4 is 10.6 Å². The van der Waals surface area contributed by atoms with E-state index >= 15 is 0 Å². The van der Waals surface area contributed by atoms with Gasteiger partial charge in [-0.25, -0.2) is 4.98 Å². The fourth-order valence-electron chi connectivity index (χ4n) is 2.27. The molecule has 0 bridgehead atoms. The van der Waals surface area contributed by atoms with Gasteiger partial charge in [0.1, 0.15) is 5.76 Å². The first kappa shape index (κ1) is 16.5. The van der Waals surface area contributed by atoms with Gasteiger partial charge in [0.15, 0.2) is 16.7 Å². The van der Waals surface area contributed by atoms with Gasteiger partial charge in [0.25, 0.3) is 0 Å². The molecule has 1 aromatic carbocycles. The Balaban J connectivity index is 1.69. The number of nitrogens with one attached hydrogen (secondary N) is 2. The Labute approximate surface area is 145 Å². The summed E-state index contributed by atoms with van der Waals surface area (Å²) in [5.41, 5.74) is 0.959. The number of aromatic nitrogens is 1. The minimum atomic E-state index is -0.0445. The zero-order valence-electron chi connectivity index (χ0n) is 14.4. The van der Waals surface area contributed by atoms with Crippen LogP contribution in [0.3, 0.4) is 0 Å². The molecule has 0 fully saturated rings. The molecule has 6 heteroatoms.